The second kappa shape index (κ2) is 5.29. The first-order chi connectivity index (χ1) is 11.8. The molecule has 0 aromatic heterocycles. The van der Waals surface area contributed by atoms with Crippen LogP contribution >= 0.6 is 7.51 Å². The number of carbonyl (C=O) groups excluding carboxylic acids is 1. The fourth-order valence-corrected chi connectivity index (χ4v) is 8.52. The minimum absolute atomic E-state index is 0.113. The zero-order valence-electron chi connectivity index (χ0n) is 15.2. The van der Waals surface area contributed by atoms with Gasteiger partial charge in [-0.1, -0.05) is 0 Å². The molecule has 3 aliphatic rings. The van der Waals surface area contributed by atoms with Gasteiger partial charge in [-0.05, 0) is 0 Å². The summed E-state index contributed by atoms with van der Waals surface area (Å²) in [5.41, 5.74) is 1.09. The van der Waals surface area contributed by atoms with Gasteiger partial charge in [0.15, 0.2) is 0 Å². The summed E-state index contributed by atoms with van der Waals surface area (Å²) in [6.45, 7) is 8.75. The summed E-state index contributed by atoms with van der Waals surface area (Å²) in [5.74, 6) is 1.50. The van der Waals surface area contributed by atoms with E-state index < -0.39 is 13.2 Å². The summed E-state index contributed by atoms with van der Waals surface area (Å²) in [5, 5.41) is 0. The van der Waals surface area contributed by atoms with E-state index in [4.69, 9.17) is 18.1 Å². The third-order valence-electron chi connectivity index (χ3n) is 5.05. The van der Waals surface area contributed by atoms with Gasteiger partial charge in [-0.3, -0.25) is 0 Å². The summed E-state index contributed by atoms with van der Waals surface area (Å²) < 4.78 is 25.2. The van der Waals surface area contributed by atoms with Crippen LogP contribution in [-0.4, -0.2) is 19.0 Å². The number of hydrogen-bond donors (Lipinski definition) is 0. The van der Waals surface area contributed by atoms with Gasteiger partial charge in [0.2, 0.25) is 0 Å². The molecule has 136 valence electrons. The van der Waals surface area contributed by atoms with Gasteiger partial charge in [-0.25, -0.2) is 0 Å². The van der Waals surface area contributed by atoms with E-state index in [9.17, 15) is 4.79 Å². The molecule has 1 aromatic rings. The molecule has 0 fully saturated rings. The van der Waals surface area contributed by atoms with E-state index in [2.05, 4.69) is 13.8 Å². The third kappa shape index (κ3) is 2.22. The first kappa shape index (κ1) is 17.0. The topological polar surface area (TPSA) is 54.0 Å². The molecular formula is C19H25O5P. The zero-order valence-corrected chi connectivity index (χ0v) is 16.1. The molecule has 25 heavy (non-hydrogen) atoms. The monoisotopic (exact) mass is 364 g/mol. The van der Waals surface area contributed by atoms with Gasteiger partial charge in [0.25, 0.3) is 0 Å². The number of allylic oxidation sites excluding steroid dienone is 2. The molecule has 0 saturated carbocycles. The molecular weight excluding hydrogens is 339 g/mol. The Morgan fingerprint density at radius 2 is 1.80 bits per heavy atom. The molecule has 2 aliphatic heterocycles. The van der Waals surface area contributed by atoms with Crippen molar-refractivity contribution in [1.29, 1.82) is 0 Å². The maximum atomic E-state index is 13.1. The molecule has 0 bridgehead atoms. The summed E-state index contributed by atoms with van der Waals surface area (Å²) >= 11 is 0. The van der Waals surface area contributed by atoms with Crippen LogP contribution in [0.5, 0.6) is 5.75 Å². The van der Waals surface area contributed by atoms with Crippen LogP contribution in [0.15, 0.2) is 35.6 Å². The zero-order chi connectivity index (χ0) is 17.9. The number of para-hydroxylation sites is 1. The fraction of sp³-hybridized carbons (Fsp3) is 0.526. The SMILES string of the molecule is CCOP12(OCC)OC3=C(C(=O)CC(C)(C)C3)C1c1ccccc1O2. The van der Waals surface area contributed by atoms with Crippen molar-refractivity contribution in [2.24, 2.45) is 5.41 Å². The average Bonchev–Trinajstić information content (AvgIpc) is 2.92. The Labute approximate surface area is 148 Å². The van der Waals surface area contributed by atoms with Crippen LogP contribution in [0.25, 0.3) is 0 Å². The molecule has 1 unspecified atom stereocenters. The van der Waals surface area contributed by atoms with Crippen molar-refractivity contribution in [3.63, 3.8) is 0 Å². The van der Waals surface area contributed by atoms with Gasteiger partial charge in [-0.15, -0.1) is 0 Å². The van der Waals surface area contributed by atoms with E-state index >= 15 is 0 Å². The molecule has 0 N–H and O–H groups in total. The van der Waals surface area contributed by atoms with E-state index in [0.717, 1.165) is 5.56 Å². The molecule has 0 radical (unpaired) electrons. The standard InChI is InChI=1S/C19H25O5P/c1-5-21-25(22-6-2)18(13-9-7-8-10-15(13)23-25)17-14(20)11-19(3,4)12-16(17)24-25/h7-10,18H,5-6,11-12H2,1-4H3. The molecule has 1 aromatic carbocycles. The first-order valence-electron chi connectivity index (χ1n) is 8.91. The number of Topliss-reactive ketones (excluding diaryl/α,β-unsaturated/α-hetero) is 1. The molecule has 0 saturated heterocycles. The van der Waals surface area contributed by atoms with Crippen LogP contribution in [-0.2, 0) is 18.4 Å². The van der Waals surface area contributed by atoms with Crippen molar-refractivity contribution >= 4 is 13.3 Å². The molecule has 0 amide bonds. The van der Waals surface area contributed by atoms with Crippen LogP contribution in [0.3, 0.4) is 0 Å². The van der Waals surface area contributed by atoms with Crippen molar-refractivity contribution in [3.05, 3.63) is 41.2 Å². The molecule has 1 atom stereocenters. The van der Waals surface area contributed by atoms with E-state index in [1.807, 2.05) is 38.1 Å². The number of benzene rings is 1. The van der Waals surface area contributed by atoms with Gasteiger partial charge in [-0.2, -0.15) is 0 Å². The predicted molar refractivity (Wildman–Crippen MR) is 96.1 cm³/mol. The molecule has 5 nitrogen and oxygen atoms in total. The van der Waals surface area contributed by atoms with Crippen LogP contribution in [0, 0.1) is 5.41 Å². The molecule has 4 rings (SSSR count). The van der Waals surface area contributed by atoms with Crippen molar-refractivity contribution < 1.29 is 22.9 Å². The summed E-state index contributed by atoms with van der Waals surface area (Å²) in [6.07, 6.45) is 1.19. The van der Waals surface area contributed by atoms with Crippen LogP contribution in [0.2, 0.25) is 0 Å². The Morgan fingerprint density at radius 3 is 2.48 bits per heavy atom. The van der Waals surface area contributed by atoms with Crippen molar-refractivity contribution in [2.75, 3.05) is 13.2 Å². The van der Waals surface area contributed by atoms with E-state index in [1.54, 1.807) is 0 Å². The fourth-order valence-electron chi connectivity index (χ4n) is 4.30. The summed E-state index contributed by atoms with van der Waals surface area (Å²) in [7, 11) is -3.98. The quantitative estimate of drug-likeness (QED) is 0.698. The van der Waals surface area contributed by atoms with Gasteiger partial charge in [0.05, 0.1) is 0 Å². The van der Waals surface area contributed by atoms with E-state index in [0.29, 0.717) is 43.1 Å². The van der Waals surface area contributed by atoms with Crippen molar-refractivity contribution in [3.8, 4) is 5.75 Å². The van der Waals surface area contributed by atoms with Gasteiger partial charge >= 0.3 is 148 Å². The van der Waals surface area contributed by atoms with Crippen molar-refractivity contribution in [2.45, 2.75) is 46.2 Å². The number of hydrogen-bond acceptors (Lipinski definition) is 5. The van der Waals surface area contributed by atoms with Crippen LogP contribution in [0.1, 0.15) is 51.8 Å². The minimum atomic E-state index is -3.98. The Kier molecular flexibility index (Phi) is 3.60. The Bertz CT molecular complexity index is 776. The van der Waals surface area contributed by atoms with Crippen LogP contribution in [0.4, 0.5) is 0 Å². The Morgan fingerprint density at radius 1 is 1.12 bits per heavy atom. The summed E-state index contributed by atoms with van der Waals surface area (Å²) in [4.78, 5) is 13.1. The van der Waals surface area contributed by atoms with Crippen LogP contribution < -0.4 is 4.52 Å². The summed E-state index contributed by atoms with van der Waals surface area (Å²) in [6, 6.07) is 7.74. The average molecular weight is 364 g/mol. The second-order valence-corrected chi connectivity index (χ2v) is 10.7. The Hall–Kier alpha value is -1.42. The van der Waals surface area contributed by atoms with E-state index in [-0.39, 0.29) is 11.2 Å². The normalized spacial score (nSPS) is 28.9. The number of carbonyl (C=O) groups is 1. The number of ketones is 1. The maximum absolute atomic E-state index is 13.1. The number of rotatable bonds is 4. The Balaban J connectivity index is 1.94. The third-order valence-corrected chi connectivity index (χ3v) is 8.95. The predicted octanol–water partition coefficient (Wildman–Crippen LogP) is 5.08. The molecule has 6 heteroatoms. The van der Waals surface area contributed by atoms with Crippen molar-refractivity contribution in [1.82, 2.24) is 0 Å². The number of fused-ring (bicyclic) bond motifs is 4. The molecule has 0 spiro atoms. The van der Waals surface area contributed by atoms with Gasteiger partial charge < -0.3 is 0 Å². The van der Waals surface area contributed by atoms with Gasteiger partial charge in [0, 0.05) is 0 Å². The first-order valence-corrected chi connectivity index (χ1v) is 10.9. The van der Waals surface area contributed by atoms with E-state index in [1.165, 1.54) is 0 Å². The molecule has 2 heterocycles. The van der Waals surface area contributed by atoms with Gasteiger partial charge in [0.1, 0.15) is 0 Å². The molecule has 1 aliphatic carbocycles. The second-order valence-electron chi connectivity index (χ2n) is 7.61.